The van der Waals surface area contributed by atoms with Crippen LogP contribution in [0, 0.1) is 0 Å². The summed E-state index contributed by atoms with van der Waals surface area (Å²) in [5, 5.41) is 0.314. The Balaban J connectivity index is 2.49. The summed E-state index contributed by atoms with van der Waals surface area (Å²) in [6.45, 7) is 1.85. The van der Waals surface area contributed by atoms with E-state index < -0.39 is 16.9 Å². The van der Waals surface area contributed by atoms with Gasteiger partial charge in [-0.25, -0.2) is 9.59 Å². The summed E-state index contributed by atoms with van der Waals surface area (Å²) in [6.07, 6.45) is 3.30. The van der Waals surface area contributed by atoms with Crippen LogP contribution in [0.3, 0.4) is 0 Å². The maximum atomic E-state index is 11.9. The Bertz CT molecular complexity index is 808. The Morgan fingerprint density at radius 3 is 2.68 bits per heavy atom. The molecular weight excluding hydrogens is 248 g/mol. The van der Waals surface area contributed by atoms with Crippen molar-refractivity contribution in [1.82, 2.24) is 9.55 Å². The lowest BCUT2D eigenvalue weighted by atomic mass is 9.93. The maximum Gasteiger partial charge on any atom is 0.337 e. The molecule has 0 amide bonds. The van der Waals surface area contributed by atoms with Gasteiger partial charge in [0.05, 0.1) is 0 Å². The second kappa shape index (κ2) is 4.22. The van der Waals surface area contributed by atoms with Crippen LogP contribution in [0.1, 0.15) is 37.8 Å². The number of hydrogen-bond donors (Lipinski definition) is 1. The highest BCUT2D eigenvalue weighted by molar-refractivity contribution is 5.76. The predicted molar refractivity (Wildman–Crippen MR) is 69.6 cm³/mol. The summed E-state index contributed by atoms with van der Waals surface area (Å²) < 4.78 is 6.56. The normalized spacial score (nSPS) is 15.6. The molecule has 0 spiro atoms. The number of hydrogen-bond acceptors (Lipinski definition) is 4. The van der Waals surface area contributed by atoms with Crippen molar-refractivity contribution in [2.24, 2.45) is 0 Å². The Morgan fingerprint density at radius 1 is 1.37 bits per heavy atom. The molecule has 0 unspecified atom stereocenters. The van der Waals surface area contributed by atoms with Crippen molar-refractivity contribution in [2.75, 3.05) is 0 Å². The van der Waals surface area contributed by atoms with Gasteiger partial charge in [-0.05, 0) is 31.2 Å². The number of aromatic nitrogens is 2. The first-order chi connectivity index (χ1) is 9.11. The zero-order chi connectivity index (χ0) is 13.6. The first-order valence-electron chi connectivity index (χ1n) is 6.43. The standard InChI is InChI=1S/C13H14N2O4/c1-2-7-6-9(16)19-12-10(7)11(17)14-13(18)15(12)8-4-3-5-8/h6,8H,2-5H2,1H3,(H,14,17,18). The highest BCUT2D eigenvalue weighted by Gasteiger charge is 2.25. The lowest BCUT2D eigenvalue weighted by molar-refractivity contribution is 0.298. The smallest absolute Gasteiger partial charge is 0.337 e. The summed E-state index contributed by atoms with van der Waals surface area (Å²) in [7, 11) is 0. The molecule has 6 heteroatoms. The average Bonchev–Trinajstić information content (AvgIpc) is 2.30. The van der Waals surface area contributed by atoms with Crippen molar-refractivity contribution in [3.05, 3.63) is 42.9 Å². The minimum absolute atomic E-state index is 0.0158. The number of fused-ring (bicyclic) bond motifs is 1. The summed E-state index contributed by atoms with van der Waals surface area (Å²) in [5.74, 6) is 0. The van der Waals surface area contributed by atoms with Gasteiger partial charge in [0.25, 0.3) is 5.56 Å². The molecule has 2 aromatic heterocycles. The number of nitrogens with zero attached hydrogens (tertiary/aromatic N) is 1. The minimum Gasteiger partial charge on any atom is -0.405 e. The molecule has 1 aliphatic rings. The van der Waals surface area contributed by atoms with Crippen LogP contribution in [-0.2, 0) is 6.42 Å². The average molecular weight is 262 g/mol. The molecule has 100 valence electrons. The summed E-state index contributed by atoms with van der Waals surface area (Å²) >= 11 is 0. The fraction of sp³-hybridized carbons (Fsp3) is 0.462. The Morgan fingerprint density at radius 2 is 2.11 bits per heavy atom. The highest BCUT2D eigenvalue weighted by atomic mass is 16.4. The van der Waals surface area contributed by atoms with Gasteiger partial charge in [0.1, 0.15) is 5.39 Å². The van der Waals surface area contributed by atoms with Crippen molar-refractivity contribution in [3.63, 3.8) is 0 Å². The van der Waals surface area contributed by atoms with Gasteiger partial charge >= 0.3 is 11.3 Å². The van der Waals surface area contributed by atoms with E-state index in [1.807, 2.05) is 6.92 Å². The van der Waals surface area contributed by atoms with E-state index in [9.17, 15) is 14.4 Å². The van der Waals surface area contributed by atoms with Crippen molar-refractivity contribution in [1.29, 1.82) is 0 Å². The van der Waals surface area contributed by atoms with E-state index in [1.54, 1.807) is 0 Å². The molecule has 0 saturated heterocycles. The third-order valence-electron chi connectivity index (χ3n) is 3.73. The van der Waals surface area contributed by atoms with Crippen molar-refractivity contribution in [2.45, 2.75) is 38.6 Å². The number of rotatable bonds is 2. The number of H-pyrrole nitrogens is 1. The predicted octanol–water partition coefficient (Wildman–Crippen LogP) is 0.930. The summed E-state index contributed by atoms with van der Waals surface area (Å²) in [6, 6.07) is 1.33. The van der Waals surface area contributed by atoms with Gasteiger partial charge in [-0.3, -0.25) is 14.3 Å². The van der Waals surface area contributed by atoms with E-state index >= 15 is 0 Å². The third kappa shape index (κ3) is 1.75. The molecule has 2 heterocycles. The van der Waals surface area contributed by atoms with E-state index in [1.165, 1.54) is 10.6 Å². The van der Waals surface area contributed by atoms with Crippen LogP contribution >= 0.6 is 0 Å². The summed E-state index contributed by atoms with van der Waals surface area (Å²) in [4.78, 5) is 37.8. The van der Waals surface area contributed by atoms with Crippen LogP contribution in [0.15, 0.2) is 24.9 Å². The maximum absolute atomic E-state index is 11.9. The Hall–Kier alpha value is -2.11. The Kier molecular flexibility index (Phi) is 2.66. The number of aryl methyl sites for hydroxylation is 1. The number of aromatic amines is 1. The molecule has 1 fully saturated rings. The van der Waals surface area contributed by atoms with Gasteiger partial charge in [0, 0.05) is 12.1 Å². The monoisotopic (exact) mass is 262 g/mol. The minimum atomic E-state index is -0.526. The third-order valence-corrected chi connectivity index (χ3v) is 3.73. The second-order valence-electron chi connectivity index (χ2n) is 4.84. The van der Waals surface area contributed by atoms with E-state index in [2.05, 4.69) is 4.98 Å². The van der Waals surface area contributed by atoms with Crippen LogP contribution in [0.2, 0.25) is 0 Å². The molecular formula is C13H14N2O4. The number of nitrogens with one attached hydrogen (secondary N) is 1. The van der Waals surface area contributed by atoms with Crippen LogP contribution in [0.4, 0.5) is 0 Å². The topological polar surface area (TPSA) is 85.1 Å². The van der Waals surface area contributed by atoms with Gasteiger partial charge in [-0.1, -0.05) is 6.92 Å². The molecule has 0 bridgehead atoms. The van der Waals surface area contributed by atoms with Crippen LogP contribution < -0.4 is 16.9 Å². The molecule has 2 aromatic rings. The lowest BCUT2D eigenvalue weighted by Gasteiger charge is -2.27. The molecule has 0 radical (unpaired) electrons. The lowest BCUT2D eigenvalue weighted by Crippen LogP contribution is -2.36. The van der Waals surface area contributed by atoms with Crippen molar-refractivity contribution < 1.29 is 4.42 Å². The van der Waals surface area contributed by atoms with Crippen LogP contribution in [-0.4, -0.2) is 9.55 Å². The molecule has 1 saturated carbocycles. The fourth-order valence-corrected chi connectivity index (χ4v) is 2.51. The molecule has 1 aliphatic carbocycles. The van der Waals surface area contributed by atoms with E-state index in [0.29, 0.717) is 17.4 Å². The SMILES string of the molecule is CCc1cc(=O)oc2c1c(=O)[nH]c(=O)n2C1CCC1. The zero-order valence-electron chi connectivity index (χ0n) is 10.6. The van der Waals surface area contributed by atoms with E-state index in [-0.39, 0.29) is 11.8 Å². The van der Waals surface area contributed by atoms with E-state index in [0.717, 1.165) is 19.3 Å². The van der Waals surface area contributed by atoms with Crippen molar-refractivity contribution in [3.8, 4) is 0 Å². The fourth-order valence-electron chi connectivity index (χ4n) is 2.51. The first kappa shape index (κ1) is 12.0. The van der Waals surface area contributed by atoms with Crippen molar-refractivity contribution >= 4 is 11.1 Å². The van der Waals surface area contributed by atoms with Gasteiger partial charge in [0.2, 0.25) is 5.71 Å². The molecule has 0 aliphatic heterocycles. The molecule has 6 nitrogen and oxygen atoms in total. The molecule has 0 aromatic carbocycles. The molecule has 19 heavy (non-hydrogen) atoms. The van der Waals surface area contributed by atoms with Gasteiger partial charge in [-0.2, -0.15) is 0 Å². The van der Waals surface area contributed by atoms with Crippen LogP contribution in [0.5, 0.6) is 0 Å². The molecule has 1 N–H and O–H groups in total. The molecule has 0 atom stereocenters. The zero-order valence-corrected chi connectivity index (χ0v) is 10.6. The van der Waals surface area contributed by atoms with Gasteiger partial charge in [0.15, 0.2) is 0 Å². The van der Waals surface area contributed by atoms with E-state index in [4.69, 9.17) is 4.42 Å². The highest BCUT2D eigenvalue weighted by Crippen LogP contribution is 2.31. The summed E-state index contributed by atoms with van der Waals surface area (Å²) in [5.41, 5.74) is -0.791. The second-order valence-corrected chi connectivity index (χ2v) is 4.84. The van der Waals surface area contributed by atoms with Gasteiger partial charge in [-0.15, -0.1) is 0 Å². The first-order valence-corrected chi connectivity index (χ1v) is 6.43. The quantitative estimate of drug-likeness (QED) is 0.872. The van der Waals surface area contributed by atoms with Crippen LogP contribution in [0.25, 0.3) is 11.1 Å². The van der Waals surface area contributed by atoms with Gasteiger partial charge < -0.3 is 4.42 Å². The molecule has 3 rings (SSSR count). The Labute approximate surface area is 107 Å². The largest absolute Gasteiger partial charge is 0.405 e.